The monoisotopic (exact) mass is 244 g/mol. The molecular weight excluding hydrogens is 216 g/mol. The van der Waals surface area contributed by atoms with E-state index in [9.17, 15) is 0 Å². The van der Waals surface area contributed by atoms with Gasteiger partial charge in [-0.25, -0.2) is 0 Å². The van der Waals surface area contributed by atoms with E-state index in [2.05, 4.69) is 17.1 Å². The van der Waals surface area contributed by atoms with Crippen molar-refractivity contribution in [1.29, 1.82) is 0 Å². The van der Waals surface area contributed by atoms with Crippen LogP contribution in [0.3, 0.4) is 0 Å². The Kier molecular flexibility index (Phi) is 7.77. The van der Waals surface area contributed by atoms with E-state index in [0.29, 0.717) is 6.04 Å². The van der Waals surface area contributed by atoms with Crippen LogP contribution in [0.2, 0.25) is 0 Å². The summed E-state index contributed by atoms with van der Waals surface area (Å²) in [5.41, 5.74) is 0. The second-order valence-electron chi connectivity index (χ2n) is 4.62. The molecule has 0 spiro atoms. The molecule has 0 bridgehead atoms. The van der Waals surface area contributed by atoms with Crippen LogP contribution >= 0.6 is 0 Å². The van der Waals surface area contributed by atoms with E-state index in [0.717, 1.165) is 45.5 Å². The van der Waals surface area contributed by atoms with Crippen molar-refractivity contribution in [2.24, 2.45) is 0 Å². The van der Waals surface area contributed by atoms with Crippen LogP contribution in [0.5, 0.6) is 0 Å². The Balaban J connectivity index is 2.27. The molecule has 0 heterocycles. The van der Waals surface area contributed by atoms with Gasteiger partial charge in [0.2, 0.25) is 0 Å². The number of methoxy groups -OCH3 is 1. The van der Waals surface area contributed by atoms with Gasteiger partial charge < -0.3 is 14.8 Å². The molecule has 1 saturated carbocycles. The molecule has 0 aromatic carbocycles. The van der Waals surface area contributed by atoms with E-state index < -0.39 is 0 Å². The van der Waals surface area contributed by atoms with Gasteiger partial charge in [0.25, 0.3) is 0 Å². The number of nitrogens with one attached hydrogen (secondary N) is 1. The highest BCUT2D eigenvalue weighted by Crippen LogP contribution is 2.18. The summed E-state index contributed by atoms with van der Waals surface area (Å²) in [6.07, 6.45) is 2.68. The smallest absolute Gasteiger partial charge is 0.0630 e. The third kappa shape index (κ3) is 6.36. The van der Waals surface area contributed by atoms with Crippen molar-refractivity contribution < 1.29 is 9.47 Å². The van der Waals surface area contributed by atoms with Crippen molar-refractivity contribution in [3.8, 4) is 0 Å². The highest BCUT2D eigenvalue weighted by atomic mass is 16.5. The van der Waals surface area contributed by atoms with E-state index in [1.807, 2.05) is 6.92 Å². The van der Waals surface area contributed by atoms with Crippen LogP contribution in [0, 0.1) is 0 Å². The van der Waals surface area contributed by atoms with Gasteiger partial charge in [-0.3, -0.25) is 4.90 Å². The number of likely N-dealkylation sites (N-methyl/N-ethyl adjacent to an activating group) is 1. The van der Waals surface area contributed by atoms with Gasteiger partial charge >= 0.3 is 0 Å². The summed E-state index contributed by atoms with van der Waals surface area (Å²) in [7, 11) is 1.78. The lowest BCUT2D eigenvalue weighted by Crippen LogP contribution is -2.46. The van der Waals surface area contributed by atoms with Gasteiger partial charge in [0.15, 0.2) is 0 Å². The van der Waals surface area contributed by atoms with Gasteiger partial charge in [-0.2, -0.15) is 0 Å². The number of hydrogen-bond acceptors (Lipinski definition) is 4. The summed E-state index contributed by atoms with van der Waals surface area (Å²) in [4.78, 5) is 2.44. The third-order valence-electron chi connectivity index (χ3n) is 3.23. The van der Waals surface area contributed by atoms with Gasteiger partial charge in [-0.15, -0.1) is 0 Å². The lowest BCUT2D eigenvalue weighted by atomic mass is 10.2. The molecule has 1 unspecified atom stereocenters. The molecule has 1 fully saturated rings. The van der Waals surface area contributed by atoms with Gasteiger partial charge in [-0.1, -0.05) is 6.92 Å². The number of rotatable bonds is 11. The molecule has 0 amide bonds. The zero-order valence-electron chi connectivity index (χ0n) is 11.6. The first-order valence-corrected chi connectivity index (χ1v) is 6.85. The quantitative estimate of drug-likeness (QED) is 0.552. The largest absolute Gasteiger partial charge is 0.383 e. The van der Waals surface area contributed by atoms with E-state index >= 15 is 0 Å². The van der Waals surface area contributed by atoms with Crippen molar-refractivity contribution in [3.05, 3.63) is 0 Å². The molecule has 1 rings (SSSR count). The molecule has 1 aliphatic rings. The summed E-state index contributed by atoms with van der Waals surface area (Å²) in [6, 6.07) is 1.23. The molecule has 0 aromatic rings. The minimum atomic E-state index is 0.464. The molecule has 102 valence electrons. The van der Waals surface area contributed by atoms with Crippen LogP contribution in [-0.2, 0) is 9.47 Å². The number of ether oxygens (including phenoxy) is 2. The fraction of sp³-hybridized carbons (Fsp3) is 1.00. The van der Waals surface area contributed by atoms with Crippen LogP contribution in [0.25, 0.3) is 0 Å². The van der Waals surface area contributed by atoms with Crippen LogP contribution < -0.4 is 5.32 Å². The SMILES string of the molecule is CCOCCN(CC)C(CNC1CC1)COC. The zero-order valence-corrected chi connectivity index (χ0v) is 11.6. The molecule has 0 saturated heterocycles. The average Bonchev–Trinajstić information content (AvgIpc) is 3.15. The summed E-state index contributed by atoms with van der Waals surface area (Å²) in [5.74, 6) is 0. The van der Waals surface area contributed by atoms with E-state index in [1.54, 1.807) is 7.11 Å². The minimum Gasteiger partial charge on any atom is -0.383 e. The maximum atomic E-state index is 5.43. The standard InChI is InChI=1S/C13H28N2O2/c1-4-15(8-9-17-5-2)13(11-16-3)10-14-12-6-7-12/h12-14H,4-11H2,1-3H3. The Morgan fingerprint density at radius 2 is 2.12 bits per heavy atom. The third-order valence-corrected chi connectivity index (χ3v) is 3.23. The van der Waals surface area contributed by atoms with Crippen molar-refractivity contribution in [1.82, 2.24) is 10.2 Å². The second-order valence-corrected chi connectivity index (χ2v) is 4.62. The number of hydrogen-bond donors (Lipinski definition) is 1. The molecule has 1 aliphatic carbocycles. The molecule has 0 aliphatic heterocycles. The van der Waals surface area contributed by atoms with Crippen LogP contribution in [-0.4, -0.2) is 63.5 Å². The van der Waals surface area contributed by atoms with Crippen LogP contribution in [0.15, 0.2) is 0 Å². The summed E-state index contributed by atoms with van der Waals surface area (Å²) in [6.45, 7) is 9.71. The second kappa shape index (κ2) is 8.86. The van der Waals surface area contributed by atoms with E-state index in [4.69, 9.17) is 9.47 Å². The first-order chi connectivity index (χ1) is 8.31. The summed E-state index contributed by atoms with van der Waals surface area (Å²) < 4.78 is 10.8. The van der Waals surface area contributed by atoms with Crippen LogP contribution in [0.1, 0.15) is 26.7 Å². The predicted molar refractivity (Wildman–Crippen MR) is 70.4 cm³/mol. The Labute approximate surface area is 106 Å². The number of nitrogens with zero attached hydrogens (tertiary/aromatic N) is 1. The molecule has 4 heteroatoms. The van der Waals surface area contributed by atoms with Gasteiger partial charge in [0, 0.05) is 38.9 Å². The fourth-order valence-electron chi connectivity index (χ4n) is 2.00. The Bertz CT molecular complexity index is 186. The Hall–Kier alpha value is -0.160. The lowest BCUT2D eigenvalue weighted by Gasteiger charge is -2.30. The Morgan fingerprint density at radius 1 is 1.35 bits per heavy atom. The average molecular weight is 244 g/mol. The zero-order chi connectivity index (χ0) is 12.5. The van der Waals surface area contributed by atoms with E-state index in [-0.39, 0.29) is 0 Å². The Morgan fingerprint density at radius 3 is 2.65 bits per heavy atom. The summed E-state index contributed by atoms with van der Waals surface area (Å²) >= 11 is 0. The minimum absolute atomic E-state index is 0.464. The summed E-state index contributed by atoms with van der Waals surface area (Å²) in [5, 5.41) is 3.58. The predicted octanol–water partition coefficient (Wildman–Crippen LogP) is 1.11. The van der Waals surface area contributed by atoms with Crippen molar-refractivity contribution in [2.45, 2.75) is 38.8 Å². The molecule has 17 heavy (non-hydrogen) atoms. The van der Waals surface area contributed by atoms with Gasteiger partial charge in [-0.05, 0) is 26.3 Å². The maximum absolute atomic E-state index is 5.43. The van der Waals surface area contributed by atoms with Crippen LogP contribution in [0.4, 0.5) is 0 Å². The highest BCUT2D eigenvalue weighted by Gasteiger charge is 2.23. The topological polar surface area (TPSA) is 33.7 Å². The molecule has 4 nitrogen and oxygen atoms in total. The molecule has 0 aromatic heterocycles. The van der Waals surface area contributed by atoms with E-state index in [1.165, 1.54) is 12.8 Å². The first kappa shape index (κ1) is 14.9. The van der Waals surface area contributed by atoms with Crippen molar-refractivity contribution >= 4 is 0 Å². The molecule has 0 radical (unpaired) electrons. The van der Waals surface area contributed by atoms with Gasteiger partial charge in [0.05, 0.1) is 13.2 Å². The van der Waals surface area contributed by atoms with Crippen molar-refractivity contribution in [3.63, 3.8) is 0 Å². The normalized spacial score (nSPS) is 17.6. The molecule has 1 atom stereocenters. The first-order valence-electron chi connectivity index (χ1n) is 6.85. The van der Waals surface area contributed by atoms with Crippen molar-refractivity contribution in [2.75, 3.05) is 46.6 Å². The molecular formula is C13H28N2O2. The highest BCUT2D eigenvalue weighted by molar-refractivity contribution is 4.84. The fourth-order valence-corrected chi connectivity index (χ4v) is 2.00. The maximum Gasteiger partial charge on any atom is 0.0630 e. The lowest BCUT2D eigenvalue weighted by molar-refractivity contribution is 0.0601. The van der Waals surface area contributed by atoms with Gasteiger partial charge in [0.1, 0.15) is 0 Å². The molecule has 1 N–H and O–H groups in total.